The van der Waals surface area contributed by atoms with Crippen molar-refractivity contribution >= 4 is 42.6 Å². The molecule has 1 aromatic carbocycles. The number of benzene rings is 1. The molecule has 0 aliphatic carbocycles. The number of halogens is 3. The van der Waals surface area contributed by atoms with Gasteiger partial charge in [0.15, 0.2) is 8.96 Å². The second-order valence-electron chi connectivity index (χ2n) is 8.59. The minimum Gasteiger partial charge on any atom is -0.492 e. The first-order valence-electron chi connectivity index (χ1n) is 10.2. The Balaban J connectivity index is 1.62. The lowest BCUT2D eigenvalue weighted by Crippen LogP contribution is -2.56. The Morgan fingerprint density at radius 1 is 1.47 bits per heavy atom. The molecule has 175 valence electrons. The first-order valence-corrected chi connectivity index (χ1v) is 13.3. The topological polar surface area (TPSA) is 89.7 Å². The van der Waals surface area contributed by atoms with Crippen molar-refractivity contribution in [3.05, 3.63) is 39.7 Å². The van der Waals surface area contributed by atoms with Crippen LogP contribution in [-0.2, 0) is 4.74 Å². The molecule has 1 fully saturated rings. The summed E-state index contributed by atoms with van der Waals surface area (Å²) in [4.78, 5) is 18.4. The van der Waals surface area contributed by atoms with Gasteiger partial charge in [-0.3, -0.25) is 4.90 Å². The highest BCUT2D eigenvalue weighted by Gasteiger charge is 2.39. The number of hydrogen-bond acceptors (Lipinski definition) is 7. The van der Waals surface area contributed by atoms with Crippen LogP contribution in [0.25, 0.3) is 0 Å². The van der Waals surface area contributed by atoms with E-state index in [0.717, 1.165) is 6.04 Å². The number of ether oxygens (including phenoxy) is 2. The van der Waals surface area contributed by atoms with Crippen molar-refractivity contribution in [3.63, 3.8) is 0 Å². The van der Waals surface area contributed by atoms with Gasteiger partial charge in [0, 0.05) is 34.2 Å². The lowest BCUT2D eigenvalue weighted by molar-refractivity contribution is 0.0149. The minimum atomic E-state index is -1.15. The molecule has 8 nitrogen and oxygen atoms in total. The number of amides is 1. The summed E-state index contributed by atoms with van der Waals surface area (Å²) in [6, 6.07) is 4.90. The molecule has 0 bridgehead atoms. The number of carbonyl (C=O) groups excluding carboxylic acids is 1. The summed E-state index contributed by atoms with van der Waals surface area (Å²) < 4.78 is 30.4. The Hall–Kier alpha value is -1.69. The number of hydrogen-bond donors (Lipinski definition) is 1. The van der Waals surface area contributed by atoms with Crippen LogP contribution in [0.1, 0.15) is 46.0 Å². The quantitative estimate of drug-likeness (QED) is 0.514. The van der Waals surface area contributed by atoms with E-state index >= 15 is 0 Å². The van der Waals surface area contributed by atoms with Crippen molar-refractivity contribution < 1.29 is 23.1 Å². The average molecular weight is 549 g/mol. The Morgan fingerprint density at radius 3 is 2.84 bits per heavy atom. The molecule has 0 spiro atoms. The summed E-state index contributed by atoms with van der Waals surface area (Å²) in [7, 11) is -1.15. The molecule has 1 aliphatic rings. The first-order chi connectivity index (χ1) is 15.0. The Morgan fingerprint density at radius 2 is 2.22 bits per heavy atom. The van der Waals surface area contributed by atoms with E-state index in [1.54, 1.807) is 11.0 Å². The minimum absolute atomic E-state index is 0.00258. The SMILES string of the molecule is CC(COc1ccc(Cl)c(F)c1)N[Si]1CC[C@H](c2nnc(Br)o2)N(C(=O)OC(C)(C)C)C1. The van der Waals surface area contributed by atoms with Crippen molar-refractivity contribution in [1.29, 1.82) is 0 Å². The average Bonchev–Trinajstić information content (AvgIpc) is 3.13. The van der Waals surface area contributed by atoms with E-state index in [2.05, 4.69) is 31.1 Å². The van der Waals surface area contributed by atoms with Gasteiger partial charge in [0.2, 0.25) is 5.89 Å². The number of nitrogens with one attached hydrogen (secondary N) is 1. The summed E-state index contributed by atoms with van der Waals surface area (Å²) in [5, 5.41) is 7.96. The number of nitrogens with zero attached hydrogens (tertiary/aromatic N) is 3. The van der Waals surface area contributed by atoms with Gasteiger partial charge in [0.25, 0.3) is 4.80 Å². The van der Waals surface area contributed by atoms with E-state index in [1.165, 1.54) is 12.1 Å². The third-order valence-corrected chi connectivity index (χ3v) is 7.77. The van der Waals surface area contributed by atoms with E-state index in [-0.39, 0.29) is 21.9 Å². The molecule has 1 radical (unpaired) electrons. The molecule has 1 amide bonds. The summed E-state index contributed by atoms with van der Waals surface area (Å²) in [6.07, 6.45) is 0.760. The van der Waals surface area contributed by atoms with Crippen LogP contribution in [0, 0.1) is 5.82 Å². The number of aromatic nitrogens is 2. The van der Waals surface area contributed by atoms with Gasteiger partial charge >= 0.3 is 6.09 Å². The highest BCUT2D eigenvalue weighted by molar-refractivity contribution is 9.10. The summed E-state index contributed by atoms with van der Waals surface area (Å²) in [6.45, 7) is 7.83. The zero-order valence-electron chi connectivity index (χ0n) is 18.3. The Labute approximate surface area is 201 Å². The predicted molar refractivity (Wildman–Crippen MR) is 122 cm³/mol. The molecule has 32 heavy (non-hydrogen) atoms. The van der Waals surface area contributed by atoms with Gasteiger partial charge in [-0.2, -0.15) is 0 Å². The van der Waals surface area contributed by atoms with Crippen molar-refractivity contribution in [2.24, 2.45) is 0 Å². The maximum absolute atomic E-state index is 13.6. The molecule has 1 unspecified atom stereocenters. The standard InChI is InChI=1S/C20H26BrClFN4O4Si/c1-12(10-29-13-5-6-14(22)15(23)9-13)26-32-8-7-16(17-24-25-18(21)30-17)27(11-32)19(28)31-20(2,3)4/h5-6,9,12,16,26H,7-8,10-11H2,1-4H3/t12?,16-/m1/s1. The smallest absolute Gasteiger partial charge is 0.410 e. The monoisotopic (exact) mass is 547 g/mol. The second-order valence-corrected chi connectivity index (χ2v) is 12.0. The van der Waals surface area contributed by atoms with E-state index in [9.17, 15) is 9.18 Å². The van der Waals surface area contributed by atoms with Crippen LogP contribution in [0.2, 0.25) is 11.1 Å². The highest BCUT2D eigenvalue weighted by Crippen LogP contribution is 2.32. The molecular weight excluding hydrogens is 523 g/mol. The van der Waals surface area contributed by atoms with Crippen LogP contribution in [-0.4, -0.2) is 54.6 Å². The van der Waals surface area contributed by atoms with Crippen LogP contribution in [0.5, 0.6) is 5.75 Å². The zero-order valence-corrected chi connectivity index (χ0v) is 21.7. The molecule has 1 aromatic heterocycles. The predicted octanol–water partition coefficient (Wildman–Crippen LogP) is 4.89. The number of rotatable bonds is 6. The molecule has 2 atom stereocenters. The third-order valence-electron chi connectivity index (χ3n) is 4.63. The molecule has 12 heteroatoms. The van der Waals surface area contributed by atoms with Crippen molar-refractivity contribution in [3.8, 4) is 5.75 Å². The molecule has 0 saturated carbocycles. The fourth-order valence-corrected chi connectivity index (χ4v) is 6.20. The lowest BCUT2D eigenvalue weighted by Gasteiger charge is -2.38. The van der Waals surface area contributed by atoms with E-state index in [0.29, 0.717) is 30.8 Å². The third kappa shape index (κ3) is 6.90. The second kappa shape index (κ2) is 10.5. The molecule has 3 rings (SSSR count). The normalized spacial score (nSPS) is 18.5. The Bertz CT molecular complexity index is 945. The summed E-state index contributed by atoms with van der Waals surface area (Å²) in [5.41, 5.74) is -0.621. The molecular formula is C20H26BrClFN4O4Si. The van der Waals surface area contributed by atoms with Gasteiger partial charge in [0.05, 0.1) is 5.02 Å². The van der Waals surface area contributed by atoms with Crippen LogP contribution < -0.4 is 9.72 Å². The lowest BCUT2D eigenvalue weighted by atomic mass is 10.2. The van der Waals surface area contributed by atoms with Crippen LogP contribution in [0.4, 0.5) is 9.18 Å². The van der Waals surface area contributed by atoms with Crippen molar-refractivity contribution in [2.75, 3.05) is 12.8 Å². The molecule has 2 aromatic rings. The van der Waals surface area contributed by atoms with Gasteiger partial charge in [0.1, 0.15) is 29.8 Å². The van der Waals surface area contributed by atoms with Crippen LogP contribution in [0.3, 0.4) is 0 Å². The van der Waals surface area contributed by atoms with Gasteiger partial charge in [-0.05, 0) is 52.3 Å². The van der Waals surface area contributed by atoms with E-state index < -0.39 is 26.5 Å². The Kier molecular flexibility index (Phi) is 8.18. The van der Waals surface area contributed by atoms with Gasteiger partial charge in [-0.15, -0.1) is 10.2 Å². The fourth-order valence-electron chi connectivity index (χ4n) is 3.28. The van der Waals surface area contributed by atoms with Crippen LogP contribution in [0.15, 0.2) is 27.4 Å². The fraction of sp³-hybridized carbons (Fsp3) is 0.550. The van der Waals surface area contributed by atoms with Gasteiger partial charge in [-0.25, -0.2) is 9.18 Å². The van der Waals surface area contributed by atoms with E-state index in [1.807, 2.05) is 27.7 Å². The number of carbonyl (C=O) groups is 1. The van der Waals surface area contributed by atoms with Crippen molar-refractivity contribution in [2.45, 2.75) is 57.8 Å². The summed E-state index contributed by atoms with van der Waals surface area (Å²) >= 11 is 8.88. The van der Waals surface area contributed by atoms with E-state index in [4.69, 9.17) is 25.5 Å². The highest BCUT2D eigenvalue weighted by atomic mass is 79.9. The van der Waals surface area contributed by atoms with Gasteiger partial charge < -0.3 is 18.9 Å². The largest absolute Gasteiger partial charge is 0.492 e. The molecule has 1 saturated heterocycles. The van der Waals surface area contributed by atoms with Crippen molar-refractivity contribution in [1.82, 2.24) is 20.1 Å². The molecule has 1 N–H and O–H groups in total. The maximum atomic E-state index is 13.6. The molecule has 1 aliphatic heterocycles. The van der Waals surface area contributed by atoms with Gasteiger partial charge in [-0.1, -0.05) is 11.6 Å². The zero-order chi connectivity index (χ0) is 23.5. The van der Waals surface area contributed by atoms with Crippen LogP contribution >= 0.6 is 27.5 Å². The maximum Gasteiger partial charge on any atom is 0.410 e. The molecule has 2 heterocycles. The first kappa shape index (κ1) is 24.9. The summed E-state index contributed by atoms with van der Waals surface area (Å²) in [5.74, 6) is 0.277.